The summed E-state index contributed by atoms with van der Waals surface area (Å²) in [5, 5.41) is 3.54. The third-order valence-corrected chi connectivity index (χ3v) is 4.80. The van der Waals surface area contributed by atoms with E-state index < -0.39 is 0 Å². The van der Waals surface area contributed by atoms with Crippen LogP contribution in [0.25, 0.3) is 0 Å². The van der Waals surface area contributed by atoms with E-state index in [1.165, 1.54) is 51.4 Å². The Bertz CT molecular complexity index is 268. The van der Waals surface area contributed by atoms with Crippen LogP contribution in [-0.2, 0) is 4.79 Å². The summed E-state index contributed by atoms with van der Waals surface area (Å²) < 4.78 is 0. The summed E-state index contributed by atoms with van der Waals surface area (Å²) in [6, 6.07) is 1.12. The van der Waals surface area contributed by atoms with E-state index in [0.717, 1.165) is 25.9 Å². The fourth-order valence-electron chi connectivity index (χ4n) is 3.64. The van der Waals surface area contributed by atoms with Crippen LogP contribution < -0.4 is 5.32 Å². The maximum Gasteiger partial charge on any atom is 0.222 e. The highest BCUT2D eigenvalue weighted by Gasteiger charge is 2.24. The van der Waals surface area contributed by atoms with E-state index in [9.17, 15) is 4.79 Å². The van der Waals surface area contributed by atoms with Gasteiger partial charge < -0.3 is 10.2 Å². The zero-order valence-electron chi connectivity index (χ0n) is 12.5. The van der Waals surface area contributed by atoms with Gasteiger partial charge in [-0.1, -0.05) is 25.7 Å². The molecule has 1 aliphatic carbocycles. The highest BCUT2D eigenvalue weighted by atomic mass is 16.2. The quantitative estimate of drug-likeness (QED) is 0.829. The second-order valence-corrected chi connectivity index (χ2v) is 6.16. The number of piperidine rings is 1. The summed E-state index contributed by atoms with van der Waals surface area (Å²) in [7, 11) is 0. The Kier molecular flexibility index (Phi) is 6.15. The van der Waals surface area contributed by atoms with Crippen LogP contribution in [0, 0.1) is 0 Å². The molecule has 110 valence electrons. The first-order valence-corrected chi connectivity index (χ1v) is 8.34. The SMILES string of the molecule is CCN(C(=O)CCC1CCCCN1)C1CCCCC1. The Morgan fingerprint density at radius 3 is 2.47 bits per heavy atom. The normalized spacial score (nSPS) is 25.2. The number of hydrogen-bond acceptors (Lipinski definition) is 2. The van der Waals surface area contributed by atoms with Gasteiger partial charge in [0.05, 0.1) is 0 Å². The summed E-state index contributed by atoms with van der Waals surface area (Å²) in [4.78, 5) is 14.6. The molecule has 1 heterocycles. The Balaban J connectivity index is 1.75. The van der Waals surface area contributed by atoms with Crippen LogP contribution in [0.15, 0.2) is 0 Å². The van der Waals surface area contributed by atoms with Crippen LogP contribution in [0.4, 0.5) is 0 Å². The molecule has 0 radical (unpaired) electrons. The van der Waals surface area contributed by atoms with Gasteiger partial charge in [-0.2, -0.15) is 0 Å². The van der Waals surface area contributed by atoms with Gasteiger partial charge in [0, 0.05) is 25.0 Å². The highest BCUT2D eigenvalue weighted by Crippen LogP contribution is 2.23. The van der Waals surface area contributed by atoms with Crippen molar-refractivity contribution in [2.24, 2.45) is 0 Å². The number of rotatable bonds is 5. The predicted octanol–water partition coefficient (Wildman–Crippen LogP) is 3.09. The average molecular weight is 266 g/mol. The second kappa shape index (κ2) is 7.88. The van der Waals surface area contributed by atoms with Crippen molar-refractivity contribution in [1.82, 2.24) is 10.2 Å². The molecule has 2 aliphatic rings. The van der Waals surface area contributed by atoms with Crippen molar-refractivity contribution in [1.29, 1.82) is 0 Å². The molecule has 3 heteroatoms. The minimum Gasteiger partial charge on any atom is -0.340 e. The summed E-state index contributed by atoms with van der Waals surface area (Å²) >= 11 is 0. The van der Waals surface area contributed by atoms with Gasteiger partial charge >= 0.3 is 0 Å². The van der Waals surface area contributed by atoms with Gasteiger partial charge in [-0.3, -0.25) is 4.79 Å². The molecular weight excluding hydrogens is 236 g/mol. The second-order valence-electron chi connectivity index (χ2n) is 6.16. The minimum absolute atomic E-state index is 0.391. The molecule has 1 saturated heterocycles. The first-order chi connectivity index (χ1) is 9.31. The zero-order chi connectivity index (χ0) is 13.5. The van der Waals surface area contributed by atoms with E-state index >= 15 is 0 Å². The Morgan fingerprint density at radius 2 is 1.84 bits per heavy atom. The van der Waals surface area contributed by atoms with Crippen LogP contribution in [0.5, 0.6) is 0 Å². The van der Waals surface area contributed by atoms with Crippen molar-refractivity contribution < 1.29 is 4.79 Å². The lowest BCUT2D eigenvalue weighted by Crippen LogP contribution is -2.42. The zero-order valence-corrected chi connectivity index (χ0v) is 12.5. The van der Waals surface area contributed by atoms with Crippen LogP contribution in [0.2, 0.25) is 0 Å². The first kappa shape index (κ1) is 14.8. The van der Waals surface area contributed by atoms with Crippen molar-refractivity contribution in [3.05, 3.63) is 0 Å². The molecule has 0 aromatic heterocycles. The third kappa shape index (κ3) is 4.48. The molecule has 1 N–H and O–H groups in total. The molecule has 1 atom stereocenters. The van der Waals surface area contributed by atoms with Gasteiger partial charge in [0.1, 0.15) is 0 Å². The predicted molar refractivity (Wildman–Crippen MR) is 79.1 cm³/mol. The molecular formula is C16H30N2O. The summed E-state index contributed by atoms with van der Waals surface area (Å²) in [5.74, 6) is 0.391. The molecule has 1 unspecified atom stereocenters. The minimum atomic E-state index is 0.391. The monoisotopic (exact) mass is 266 g/mol. The van der Waals surface area contributed by atoms with E-state index in [0.29, 0.717) is 18.0 Å². The van der Waals surface area contributed by atoms with E-state index in [1.54, 1.807) is 0 Å². The van der Waals surface area contributed by atoms with Gasteiger partial charge in [0.15, 0.2) is 0 Å². The van der Waals surface area contributed by atoms with Crippen molar-refractivity contribution in [3.8, 4) is 0 Å². The molecule has 2 fully saturated rings. The van der Waals surface area contributed by atoms with Crippen molar-refractivity contribution in [2.45, 2.75) is 83.2 Å². The summed E-state index contributed by atoms with van der Waals surface area (Å²) in [6.07, 6.45) is 12.1. The molecule has 2 rings (SSSR count). The Labute approximate surface area is 118 Å². The third-order valence-electron chi connectivity index (χ3n) is 4.80. The molecule has 1 aliphatic heterocycles. The molecule has 19 heavy (non-hydrogen) atoms. The van der Waals surface area contributed by atoms with Crippen molar-refractivity contribution >= 4 is 5.91 Å². The first-order valence-electron chi connectivity index (χ1n) is 8.34. The lowest BCUT2D eigenvalue weighted by atomic mass is 9.93. The molecule has 3 nitrogen and oxygen atoms in total. The Morgan fingerprint density at radius 1 is 1.11 bits per heavy atom. The fourth-order valence-corrected chi connectivity index (χ4v) is 3.64. The van der Waals surface area contributed by atoms with Crippen LogP contribution in [0.1, 0.15) is 71.1 Å². The topological polar surface area (TPSA) is 32.3 Å². The number of nitrogens with zero attached hydrogens (tertiary/aromatic N) is 1. The van der Waals surface area contributed by atoms with E-state index in [2.05, 4.69) is 17.1 Å². The van der Waals surface area contributed by atoms with Gasteiger partial charge in [0.2, 0.25) is 5.91 Å². The van der Waals surface area contributed by atoms with Gasteiger partial charge in [-0.15, -0.1) is 0 Å². The molecule has 0 spiro atoms. The summed E-state index contributed by atoms with van der Waals surface area (Å²) in [6.45, 7) is 4.16. The molecule has 0 aromatic rings. The van der Waals surface area contributed by atoms with Crippen LogP contribution in [0.3, 0.4) is 0 Å². The number of carbonyl (C=O) groups is 1. The maximum atomic E-state index is 12.4. The van der Waals surface area contributed by atoms with Crippen LogP contribution in [-0.4, -0.2) is 36.0 Å². The van der Waals surface area contributed by atoms with Crippen molar-refractivity contribution in [3.63, 3.8) is 0 Å². The molecule has 0 aromatic carbocycles. The fraction of sp³-hybridized carbons (Fsp3) is 0.938. The maximum absolute atomic E-state index is 12.4. The van der Waals surface area contributed by atoms with Gasteiger partial charge in [-0.05, 0) is 45.6 Å². The van der Waals surface area contributed by atoms with E-state index in [1.807, 2.05) is 0 Å². The van der Waals surface area contributed by atoms with Crippen molar-refractivity contribution in [2.75, 3.05) is 13.1 Å². The number of amides is 1. The summed E-state index contributed by atoms with van der Waals surface area (Å²) in [5.41, 5.74) is 0. The largest absolute Gasteiger partial charge is 0.340 e. The number of hydrogen-bond donors (Lipinski definition) is 1. The Hall–Kier alpha value is -0.570. The van der Waals surface area contributed by atoms with E-state index in [4.69, 9.17) is 0 Å². The average Bonchev–Trinajstić information content (AvgIpc) is 2.48. The highest BCUT2D eigenvalue weighted by molar-refractivity contribution is 5.76. The molecule has 1 saturated carbocycles. The molecule has 1 amide bonds. The lowest BCUT2D eigenvalue weighted by molar-refractivity contribution is -0.134. The van der Waals surface area contributed by atoms with Crippen LogP contribution >= 0.6 is 0 Å². The number of carbonyl (C=O) groups excluding carboxylic acids is 1. The standard InChI is InChI=1S/C16H30N2O/c1-2-18(15-9-4-3-5-10-15)16(19)12-11-14-8-6-7-13-17-14/h14-15,17H,2-13H2,1H3. The van der Waals surface area contributed by atoms with E-state index in [-0.39, 0.29) is 0 Å². The van der Waals surface area contributed by atoms with Gasteiger partial charge in [-0.25, -0.2) is 0 Å². The smallest absolute Gasteiger partial charge is 0.222 e. The van der Waals surface area contributed by atoms with Gasteiger partial charge in [0.25, 0.3) is 0 Å². The number of nitrogens with one attached hydrogen (secondary N) is 1. The lowest BCUT2D eigenvalue weighted by Gasteiger charge is -2.34. The molecule has 0 bridgehead atoms.